The molecule has 0 unspecified atom stereocenters. The number of carboxylic acids is 1. The summed E-state index contributed by atoms with van der Waals surface area (Å²) in [6.07, 6.45) is 0.124. The van der Waals surface area contributed by atoms with Gasteiger partial charge in [0, 0.05) is 5.92 Å². The van der Waals surface area contributed by atoms with E-state index in [-0.39, 0.29) is 18.9 Å². The summed E-state index contributed by atoms with van der Waals surface area (Å²) in [6.45, 7) is 1.95. The van der Waals surface area contributed by atoms with Gasteiger partial charge in [0.1, 0.15) is 18.7 Å². The minimum Gasteiger partial charge on any atom is -0.480 e. The Balaban J connectivity index is 1.48. The summed E-state index contributed by atoms with van der Waals surface area (Å²) in [4.78, 5) is 37.4. The van der Waals surface area contributed by atoms with Gasteiger partial charge in [0.05, 0.1) is 0 Å². The minimum absolute atomic E-state index is 0.108. The Kier molecular flexibility index (Phi) is 7.45. The third-order valence-corrected chi connectivity index (χ3v) is 6.19. The van der Waals surface area contributed by atoms with Gasteiger partial charge in [0.25, 0.3) is 0 Å². The Morgan fingerprint density at radius 3 is 2.00 bits per heavy atom. The van der Waals surface area contributed by atoms with Gasteiger partial charge in [-0.2, -0.15) is 0 Å². The summed E-state index contributed by atoms with van der Waals surface area (Å²) >= 11 is 0. The number of hydrogen-bond acceptors (Lipinski definition) is 4. The lowest BCUT2D eigenvalue weighted by Gasteiger charge is -2.22. The van der Waals surface area contributed by atoms with Gasteiger partial charge < -0.3 is 20.5 Å². The quantitative estimate of drug-likeness (QED) is 0.421. The number of carbonyl (C=O) groups excluding carboxylic acids is 2. The van der Waals surface area contributed by atoms with Gasteiger partial charge in [-0.1, -0.05) is 92.2 Å². The molecule has 3 aromatic rings. The summed E-state index contributed by atoms with van der Waals surface area (Å²) in [7, 11) is 0. The number of benzene rings is 3. The second kappa shape index (κ2) is 10.9. The highest BCUT2D eigenvalue weighted by Crippen LogP contribution is 2.44. The van der Waals surface area contributed by atoms with E-state index in [1.54, 1.807) is 30.3 Å². The molecule has 0 heterocycles. The number of carbonyl (C=O) groups is 3. The number of hydrogen-bond donors (Lipinski definition) is 3. The van der Waals surface area contributed by atoms with Crippen LogP contribution in [0.15, 0.2) is 78.9 Å². The zero-order valence-corrected chi connectivity index (χ0v) is 19.4. The molecular weight excluding hydrogens is 444 g/mol. The number of fused-ring (bicyclic) bond motifs is 3. The van der Waals surface area contributed by atoms with Crippen LogP contribution < -0.4 is 10.6 Å². The molecular formula is C28H28N2O5. The van der Waals surface area contributed by atoms with E-state index in [4.69, 9.17) is 4.74 Å². The average molecular weight is 473 g/mol. The fourth-order valence-electron chi connectivity index (χ4n) is 4.50. The second-order valence-corrected chi connectivity index (χ2v) is 8.50. The molecule has 3 aromatic carbocycles. The number of ether oxygens (including phenoxy) is 1. The predicted octanol–water partition coefficient (Wildman–Crippen LogP) is 4.64. The van der Waals surface area contributed by atoms with E-state index in [9.17, 15) is 19.5 Å². The monoisotopic (exact) mass is 472 g/mol. The summed E-state index contributed by atoms with van der Waals surface area (Å²) in [5.41, 5.74) is 4.94. The van der Waals surface area contributed by atoms with Crippen molar-refractivity contribution in [2.45, 2.75) is 37.8 Å². The largest absolute Gasteiger partial charge is 0.480 e. The van der Waals surface area contributed by atoms with Gasteiger partial charge in [0.15, 0.2) is 0 Å². The zero-order chi connectivity index (χ0) is 24.8. The normalized spacial score (nSPS) is 13.7. The van der Waals surface area contributed by atoms with Gasteiger partial charge in [-0.3, -0.25) is 4.79 Å². The molecule has 0 spiro atoms. The molecule has 4 rings (SSSR count). The van der Waals surface area contributed by atoms with Gasteiger partial charge >= 0.3 is 12.1 Å². The van der Waals surface area contributed by atoms with Crippen molar-refractivity contribution < 1.29 is 24.2 Å². The highest BCUT2D eigenvalue weighted by Gasteiger charge is 2.31. The first kappa shape index (κ1) is 24.0. The second-order valence-electron chi connectivity index (χ2n) is 8.50. The first-order valence-electron chi connectivity index (χ1n) is 11.7. The highest BCUT2D eigenvalue weighted by molar-refractivity contribution is 5.90. The van der Waals surface area contributed by atoms with Crippen LogP contribution in [-0.2, 0) is 14.3 Å². The molecule has 0 aliphatic heterocycles. The molecule has 3 N–H and O–H groups in total. The molecule has 0 aromatic heterocycles. The van der Waals surface area contributed by atoms with E-state index in [0.717, 1.165) is 22.3 Å². The predicted molar refractivity (Wildman–Crippen MR) is 132 cm³/mol. The molecule has 0 saturated carbocycles. The maximum atomic E-state index is 13.0. The molecule has 1 aliphatic rings. The maximum absolute atomic E-state index is 13.0. The molecule has 7 nitrogen and oxygen atoms in total. The summed E-state index contributed by atoms with van der Waals surface area (Å²) in [5, 5.41) is 14.6. The fraction of sp³-hybridized carbons (Fsp3) is 0.250. The van der Waals surface area contributed by atoms with E-state index >= 15 is 0 Å². The number of carboxylic acid groups (broad SMARTS) is 1. The van der Waals surface area contributed by atoms with Crippen LogP contribution in [0.3, 0.4) is 0 Å². The van der Waals surface area contributed by atoms with Gasteiger partial charge in [-0.25, -0.2) is 9.59 Å². The number of amides is 2. The van der Waals surface area contributed by atoms with Crippen LogP contribution in [0.25, 0.3) is 11.1 Å². The van der Waals surface area contributed by atoms with Crippen molar-refractivity contribution in [1.82, 2.24) is 10.6 Å². The molecule has 35 heavy (non-hydrogen) atoms. The van der Waals surface area contributed by atoms with Crippen LogP contribution in [0, 0.1) is 0 Å². The third-order valence-electron chi connectivity index (χ3n) is 6.19. The summed E-state index contributed by atoms with van der Waals surface area (Å²) in [5.74, 6) is -1.84. The molecule has 2 amide bonds. The first-order chi connectivity index (χ1) is 17.0. The Bertz CT molecular complexity index is 1170. The van der Waals surface area contributed by atoms with Crippen LogP contribution in [0.4, 0.5) is 4.79 Å². The van der Waals surface area contributed by atoms with Crippen LogP contribution >= 0.6 is 0 Å². The Morgan fingerprint density at radius 2 is 1.43 bits per heavy atom. The van der Waals surface area contributed by atoms with E-state index in [1.165, 1.54) is 0 Å². The number of rotatable bonds is 9. The fourth-order valence-corrected chi connectivity index (χ4v) is 4.50. The van der Waals surface area contributed by atoms with Crippen molar-refractivity contribution in [2.75, 3.05) is 6.61 Å². The van der Waals surface area contributed by atoms with E-state index in [0.29, 0.717) is 12.0 Å². The van der Waals surface area contributed by atoms with Crippen LogP contribution in [0.1, 0.15) is 48.4 Å². The van der Waals surface area contributed by atoms with Crippen molar-refractivity contribution in [2.24, 2.45) is 0 Å². The average Bonchev–Trinajstić information content (AvgIpc) is 3.20. The van der Waals surface area contributed by atoms with Gasteiger partial charge in [-0.15, -0.1) is 0 Å². The standard InChI is InChI=1S/C28H28N2O5/c1-2-10-24(27(32)33)29-26(31)25(18-11-4-3-5-12-18)30-28(34)35-17-23-21-15-8-6-13-19(21)20-14-7-9-16-22(20)23/h3-9,11-16,23-25H,2,10,17H2,1H3,(H,29,31)(H,30,34)(H,32,33)/t24-,25-/m1/s1. The molecule has 0 radical (unpaired) electrons. The lowest BCUT2D eigenvalue weighted by Crippen LogP contribution is -2.47. The lowest BCUT2D eigenvalue weighted by molar-refractivity contribution is -0.142. The Hall–Kier alpha value is -4.13. The minimum atomic E-state index is -1.12. The van der Waals surface area contributed by atoms with Crippen LogP contribution in [0.2, 0.25) is 0 Å². The third kappa shape index (κ3) is 5.35. The van der Waals surface area contributed by atoms with E-state index in [1.807, 2.05) is 43.3 Å². The van der Waals surface area contributed by atoms with Crippen LogP contribution in [0.5, 0.6) is 0 Å². The van der Waals surface area contributed by atoms with Crippen molar-refractivity contribution in [3.63, 3.8) is 0 Å². The summed E-state index contributed by atoms with van der Waals surface area (Å²) in [6, 6.07) is 22.6. The molecule has 0 bridgehead atoms. The highest BCUT2D eigenvalue weighted by atomic mass is 16.5. The maximum Gasteiger partial charge on any atom is 0.408 e. The smallest absolute Gasteiger partial charge is 0.408 e. The van der Waals surface area contributed by atoms with Crippen molar-refractivity contribution >= 4 is 18.0 Å². The number of aliphatic carboxylic acids is 1. The lowest BCUT2D eigenvalue weighted by atomic mass is 9.98. The van der Waals surface area contributed by atoms with E-state index in [2.05, 4.69) is 22.8 Å². The molecule has 1 aliphatic carbocycles. The molecule has 7 heteroatoms. The Labute approximate surface area is 204 Å². The van der Waals surface area contributed by atoms with Crippen molar-refractivity contribution in [1.29, 1.82) is 0 Å². The van der Waals surface area contributed by atoms with E-state index < -0.39 is 30.1 Å². The Morgan fingerprint density at radius 1 is 0.857 bits per heavy atom. The van der Waals surface area contributed by atoms with Crippen molar-refractivity contribution in [3.8, 4) is 11.1 Å². The number of alkyl carbamates (subject to hydrolysis) is 1. The topological polar surface area (TPSA) is 105 Å². The molecule has 0 saturated heterocycles. The number of nitrogens with one attached hydrogen (secondary N) is 2. The molecule has 2 atom stereocenters. The van der Waals surface area contributed by atoms with Crippen molar-refractivity contribution in [3.05, 3.63) is 95.6 Å². The summed E-state index contributed by atoms with van der Waals surface area (Å²) < 4.78 is 5.60. The van der Waals surface area contributed by atoms with Gasteiger partial charge in [0.2, 0.25) is 5.91 Å². The first-order valence-corrected chi connectivity index (χ1v) is 11.7. The SMILES string of the molecule is CCC[C@@H](NC(=O)[C@H](NC(=O)OCC1c2ccccc2-c2ccccc21)c1ccccc1)C(=O)O. The van der Waals surface area contributed by atoms with Gasteiger partial charge in [-0.05, 0) is 34.2 Å². The molecule has 0 fully saturated rings. The molecule has 180 valence electrons. The zero-order valence-electron chi connectivity index (χ0n) is 19.4. The van der Waals surface area contributed by atoms with Crippen LogP contribution in [-0.4, -0.2) is 35.7 Å².